The minimum atomic E-state index is -0.676. The summed E-state index contributed by atoms with van der Waals surface area (Å²) in [5.41, 5.74) is 3.50. The second-order valence-electron chi connectivity index (χ2n) is 7.73. The fourth-order valence-electron chi connectivity index (χ4n) is 4.30. The van der Waals surface area contributed by atoms with E-state index in [2.05, 4.69) is 106 Å². The van der Waals surface area contributed by atoms with Crippen LogP contribution in [0.5, 0.6) is 0 Å². The lowest BCUT2D eigenvalue weighted by molar-refractivity contribution is 0.0606. The Labute approximate surface area is 216 Å². The summed E-state index contributed by atoms with van der Waals surface area (Å²) < 4.78 is 7.95. The highest BCUT2D eigenvalue weighted by Gasteiger charge is 2.40. The first kappa shape index (κ1) is 22.6. The van der Waals surface area contributed by atoms with Gasteiger partial charge in [-0.25, -0.2) is 4.79 Å². The number of thiophene rings is 1. The summed E-state index contributed by atoms with van der Waals surface area (Å²) in [6.45, 7) is 0. The number of nitrogens with zero attached hydrogens (tertiary/aromatic N) is 2. The largest absolute Gasteiger partial charge is 0.465 e. The van der Waals surface area contributed by atoms with E-state index in [4.69, 9.17) is 9.84 Å². The highest BCUT2D eigenvalue weighted by atomic mass is 127. The molecule has 0 saturated heterocycles. The van der Waals surface area contributed by atoms with Crippen molar-refractivity contribution in [1.29, 1.82) is 0 Å². The maximum atomic E-state index is 12.0. The summed E-state index contributed by atoms with van der Waals surface area (Å²) in [7, 11) is 1.40. The molecule has 5 aromatic rings. The van der Waals surface area contributed by atoms with Crippen molar-refractivity contribution in [3.8, 4) is 10.6 Å². The van der Waals surface area contributed by atoms with Gasteiger partial charge in [-0.05, 0) is 51.4 Å². The van der Waals surface area contributed by atoms with Gasteiger partial charge in [0.1, 0.15) is 16.1 Å². The molecule has 0 unspecified atom stereocenters. The first-order chi connectivity index (χ1) is 16.6. The lowest BCUT2D eigenvalue weighted by Gasteiger charge is -2.36. The van der Waals surface area contributed by atoms with Crippen LogP contribution in [0.15, 0.2) is 109 Å². The highest BCUT2D eigenvalue weighted by molar-refractivity contribution is 14.1. The van der Waals surface area contributed by atoms with E-state index in [1.54, 1.807) is 6.07 Å². The van der Waals surface area contributed by atoms with E-state index < -0.39 is 5.54 Å². The molecular weight excluding hydrogens is 555 g/mol. The highest BCUT2D eigenvalue weighted by Crippen LogP contribution is 2.42. The Bertz CT molecular complexity index is 1320. The molecule has 0 aliphatic heterocycles. The predicted octanol–water partition coefficient (Wildman–Crippen LogP) is 6.84. The van der Waals surface area contributed by atoms with E-state index in [1.807, 2.05) is 24.3 Å². The van der Waals surface area contributed by atoms with Crippen molar-refractivity contribution in [2.75, 3.05) is 7.11 Å². The van der Waals surface area contributed by atoms with Crippen LogP contribution in [0.2, 0.25) is 0 Å². The molecule has 6 heteroatoms. The van der Waals surface area contributed by atoms with E-state index >= 15 is 0 Å². The number of hydrogen-bond acceptors (Lipinski definition) is 4. The third-order valence-electron chi connectivity index (χ3n) is 5.81. The molecule has 0 atom stereocenters. The van der Waals surface area contributed by atoms with Crippen molar-refractivity contribution in [3.63, 3.8) is 0 Å². The summed E-state index contributed by atoms with van der Waals surface area (Å²) >= 11 is 3.72. The third kappa shape index (κ3) is 3.86. The zero-order valence-electron chi connectivity index (χ0n) is 18.4. The molecular formula is C28H21IN2O2S. The van der Waals surface area contributed by atoms with Gasteiger partial charge in [-0.2, -0.15) is 5.10 Å². The summed E-state index contributed by atoms with van der Waals surface area (Å²) in [4.78, 5) is 13.5. The first-order valence-corrected chi connectivity index (χ1v) is 12.6. The second-order valence-corrected chi connectivity index (χ2v) is 9.98. The van der Waals surface area contributed by atoms with Gasteiger partial charge in [-0.15, -0.1) is 11.3 Å². The minimum Gasteiger partial charge on any atom is -0.465 e. The summed E-state index contributed by atoms with van der Waals surface area (Å²) in [5.74, 6) is -0.335. The lowest BCUT2D eigenvalue weighted by atomic mass is 9.77. The molecule has 5 rings (SSSR count). The van der Waals surface area contributed by atoms with Gasteiger partial charge in [0.25, 0.3) is 0 Å². The van der Waals surface area contributed by atoms with Crippen LogP contribution in [0.25, 0.3) is 10.6 Å². The Morgan fingerprint density at radius 3 is 1.79 bits per heavy atom. The third-order valence-corrected chi connectivity index (χ3v) is 7.68. The van der Waals surface area contributed by atoms with Crippen molar-refractivity contribution < 1.29 is 9.53 Å². The normalized spacial score (nSPS) is 11.4. The quantitative estimate of drug-likeness (QED) is 0.126. The Morgan fingerprint density at radius 2 is 1.32 bits per heavy atom. The van der Waals surface area contributed by atoms with Crippen LogP contribution in [-0.4, -0.2) is 22.9 Å². The molecule has 0 fully saturated rings. The number of ether oxygens (including phenoxy) is 1. The maximum Gasteiger partial charge on any atom is 0.348 e. The molecule has 168 valence electrons. The number of halogens is 1. The number of aromatic nitrogens is 2. The zero-order chi connectivity index (χ0) is 23.5. The number of methoxy groups -OCH3 is 1. The molecule has 3 aromatic carbocycles. The average molecular weight is 576 g/mol. The van der Waals surface area contributed by atoms with Gasteiger partial charge >= 0.3 is 5.97 Å². The van der Waals surface area contributed by atoms with Crippen LogP contribution in [0.4, 0.5) is 0 Å². The fraction of sp³-hybridized carbons (Fsp3) is 0.0714. The van der Waals surface area contributed by atoms with Crippen molar-refractivity contribution >= 4 is 39.9 Å². The summed E-state index contributed by atoms with van der Waals surface area (Å²) in [6, 6.07) is 35.1. The average Bonchev–Trinajstić information content (AvgIpc) is 3.53. The number of rotatable bonds is 6. The standard InChI is InChI=1S/C28H21IN2O2S/c1-33-27(32)25-18-17-24(34-25)26-23(29)19-31(30-26)28(20-11-5-2-6-12-20,21-13-7-3-8-14-21)22-15-9-4-10-16-22/h2-19H,1H3. The van der Waals surface area contributed by atoms with E-state index in [-0.39, 0.29) is 5.97 Å². The van der Waals surface area contributed by atoms with Crippen LogP contribution >= 0.6 is 33.9 Å². The molecule has 2 aromatic heterocycles. The lowest BCUT2D eigenvalue weighted by Crippen LogP contribution is -2.38. The summed E-state index contributed by atoms with van der Waals surface area (Å²) in [5, 5.41) is 5.15. The molecule has 2 heterocycles. The predicted molar refractivity (Wildman–Crippen MR) is 144 cm³/mol. The van der Waals surface area contributed by atoms with Crippen LogP contribution in [0.1, 0.15) is 26.4 Å². The molecule has 0 radical (unpaired) electrons. The molecule has 0 saturated carbocycles. The minimum absolute atomic E-state index is 0.335. The van der Waals surface area contributed by atoms with Crippen molar-refractivity contribution in [2.45, 2.75) is 5.54 Å². The van der Waals surface area contributed by atoms with Crippen LogP contribution in [0, 0.1) is 3.57 Å². The monoisotopic (exact) mass is 576 g/mol. The SMILES string of the molecule is COC(=O)c1ccc(-c2nn(C(c3ccccc3)(c3ccccc3)c3ccccc3)cc2I)s1. The van der Waals surface area contributed by atoms with Crippen molar-refractivity contribution in [2.24, 2.45) is 0 Å². The molecule has 0 spiro atoms. The number of carbonyl (C=O) groups excluding carboxylic acids is 1. The van der Waals surface area contributed by atoms with Crippen molar-refractivity contribution in [3.05, 3.63) is 134 Å². The van der Waals surface area contributed by atoms with Gasteiger partial charge in [0, 0.05) is 6.20 Å². The first-order valence-electron chi connectivity index (χ1n) is 10.8. The molecule has 0 bridgehead atoms. The Balaban J connectivity index is 1.78. The molecule has 0 N–H and O–H groups in total. The maximum absolute atomic E-state index is 12.0. The van der Waals surface area contributed by atoms with Crippen LogP contribution < -0.4 is 0 Å². The van der Waals surface area contributed by atoms with Gasteiger partial charge in [0.15, 0.2) is 0 Å². The van der Waals surface area contributed by atoms with E-state index in [0.717, 1.165) is 30.8 Å². The number of benzene rings is 3. The van der Waals surface area contributed by atoms with Gasteiger partial charge in [-0.1, -0.05) is 91.0 Å². The Hall–Kier alpha value is -3.23. The number of hydrogen-bond donors (Lipinski definition) is 0. The van der Waals surface area contributed by atoms with Gasteiger partial charge in [-0.3, -0.25) is 4.68 Å². The Morgan fingerprint density at radius 1 is 0.824 bits per heavy atom. The smallest absolute Gasteiger partial charge is 0.348 e. The van der Waals surface area contributed by atoms with Gasteiger partial charge in [0.2, 0.25) is 0 Å². The second kappa shape index (κ2) is 9.56. The molecule has 0 amide bonds. The van der Waals surface area contributed by atoms with E-state index in [1.165, 1.54) is 18.4 Å². The topological polar surface area (TPSA) is 44.1 Å². The molecule has 0 aliphatic rings. The molecule has 4 nitrogen and oxygen atoms in total. The zero-order valence-corrected chi connectivity index (χ0v) is 21.4. The van der Waals surface area contributed by atoms with Gasteiger partial charge < -0.3 is 4.74 Å². The van der Waals surface area contributed by atoms with Gasteiger partial charge in [0.05, 0.1) is 15.6 Å². The molecule has 34 heavy (non-hydrogen) atoms. The van der Waals surface area contributed by atoms with E-state index in [9.17, 15) is 4.79 Å². The van der Waals surface area contributed by atoms with E-state index in [0.29, 0.717) is 4.88 Å². The van der Waals surface area contributed by atoms with Crippen molar-refractivity contribution in [1.82, 2.24) is 9.78 Å². The number of esters is 1. The fourth-order valence-corrected chi connectivity index (χ4v) is 6.07. The summed E-state index contributed by atoms with van der Waals surface area (Å²) in [6.07, 6.45) is 2.08. The number of carbonyl (C=O) groups is 1. The Kier molecular flexibility index (Phi) is 6.34. The van der Waals surface area contributed by atoms with Crippen LogP contribution in [0.3, 0.4) is 0 Å². The van der Waals surface area contributed by atoms with Crippen LogP contribution in [-0.2, 0) is 10.3 Å². The molecule has 0 aliphatic carbocycles.